The van der Waals surface area contributed by atoms with Gasteiger partial charge in [-0.05, 0) is 49.6 Å². The Morgan fingerprint density at radius 1 is 0.966 bits per heavy atom. The van der Waals surface area contributed by atoms with E-state index in [4.69, 9.17) is 0 Å². The summed E-state index contributed by atoms with van der Waals surface area (Å²) in [4.78, 5) is 31.2. The van der Waals surface area contributed by atoms with Gasteiger partial charge in [-0.2, -0.15) is 0 Å². The van der Waals surface area contributed by atoms with Crippen LogP contribution in [-0.4, -0.2) is 58.9 Å². The third-order valence-corrected chi connectivity index (χ3v) is 5.90. The molecule has 2 fully saturated rings. The van der Waals surface area contributed by atoms with Crippen molar-refractivity contribution in [1.82, 2.24) is 14.7 Å². The Kier molecular flexibility index (Phi) is 5.51. The standard InChI is InChI=1S/C23H26FN3O2/c1-17-2-6-19(7-3-17)22(28)25-12-10-21(11-13-25)27-15-14-26(23(27)29)16-18-4-8-20(24)9-5-18/h2-9,21H,10-16H2,1H3. The molecule has 2 aromatic carbocycles. The number of likely N-dealkylation sites (tertiary alicyclic amines) is 1. The molecule has 2 aliphatic rings. The van der Waals surface area contributed by atoms with E-state index in [0.29, 0.717) is 32.7 Å². The number of urea groups is 1. The fourth-order valence-corrected chi connectivity index (χ4v) is 4.16. The topological polar surface area (TPSA) is 43.9 Å². The zero-order chi connectivity index (χ0) is 20.4. The summed E-state index contributed by atoms with van der Waals surface area (Å²) in [5, 5.41) is 0. The molecule has 0 bridgehead atoms. The van der Waals surface area contributed by atoms with Gasteiger partial charge in [0.05, 0.1) is 0 Å². The summed E-state index contributed by atoms with van der Waals surface area (Å²) >= 11 is 0. The normalized spacial score (nSPS) is 17.9. The lowest BCUT2D eigenvalue weighted by atomic mass is 10.0. The van der Waals surface area contributed by atoms with E-state index in [9.17, 15) is 14.0 Å². The molecule has 4 rings (SSSR count). The Bertz CT molecular complexity index is 874. The number of hydrogen-bond acceptors (Lipinski definition) is 2. The molecule has 0 saturated carbocycles. The van der Waals surface area contributed by atoms with Gasteiger partial charge in [-0.3, -0.25) is 4.79 Å². The fraction of sp³-hybridized carbons (Fsp3) is 0.391. The van der Waals surface area contributed by atoms with Crippen molar-refractivity contribution in [2.75, 3.05) is 26.2 Å². The lowest BCUT2D eigenvalue weighted by Gasteiger charge is -2.36. The predicted molar refractivity (Wildman–Crippen MR) is 109 cm³/mol. The maximum atomic E-state index is 13.1. The van der Waals surface area contributed by atoms with Crippen molar-refractivity contribution >= 4 is 11.9 Å². The largest absolute Gasteiger partial charge is 0.338 e. The van der Waals surface area contributed by atoms with Crippen LogP contribution in [0.4, 0.5) is 9.18 Å². The van der Waals surface area contributed by atoms with E-state index in [1.807, 2.05) is 45.9 Å². The molecule has 5 nitrogen and oxygen atoms in total. The molecule has 3 amide bonds. The van der Waals surface area contributed by atoms with Gasteiger partial charge in [0.1, 0.15) is 5.82 Å². The highest BCUT2D eigenvalue weighted by Gasteiger charge is 2.36. The van der Waals surface area contributed by atoms with Gasteiger partial charge >= 0.3 is 6.03 Å². The number of carbonyl (C=O) groups excluding carboxylic acids is 2. The van der Waals surface area contributed by atoms with Crippen molar-refractivity contribution in [3.05, 3.63) is 71.0 Å². The number of benzene rings is 2. The summed E-state index contributed by atoms with van der Waals surface area (Å²) in [6, 6.07) is 14.2. The summed E-state index contributed by atoms with van der Waals surface area (Å²) < 4.78 is 13.1. The van der Waals surface area contributed by atoms with E-state index in [1.54, 1.807) is 12.1 Å². The monoisotopic (exact) mass is 395 g/mol. The second-order valence-electron chi connectivity index (χ2n) is 7.91. The summed E-state index contributed by atoms with van der Waals surface area (Å²) in [7, 11) is 0. The number of nitrogens with zero attached hydrogens (tertiary/aromatic N) is 3. The van der Waals surface area contributed by atoms with Crippen LogP contribution < -0.4 is 0 Å². The first-order chi connectivity index (χ1) is 14.0. The van der Waals surface area contributed by atoms with Crippen LogP contribution in [0.2, 0.25) is 0 Å². The van der Waals surface area contributed by atoms with E-state index >= 15 is 0 Å². The number of amides is 3. The molecule has 0 aliphatic carbocycles. The summed E-state index contributed by atoms with van der Waals surface area (Å²) in [6.07, 6.45) is 1.60. The average molecular weight is 395 g/mol. The number of rotatable bonds is 4. The first kappa shape index (κ1) is 19.4. The highest BCUT2D eigenvalue weighted by molar-refractivity contribution is 5.94. The van der Waals surface area contributed by atoms with Gasteiger partial charge in [-0.15, -0.1) is 0 Å². The Labute approximate surface area is 170 Å². The van der Waals surface area contributed by atoms with Crippen LogP contribution >= 0.6 is 0 Å². The van der Waals surface area contributed by atoms with Crippen molar-refractivity contribution in [1.29, 1.82) is 0 Å². The highest BCUT2D eigenvalue weighted by Crippen LogP contribution is 2.23. The predicted octanol–water partition coefficient (Wildman–Crippen LogP) is 3.68. The number of hydrogen-bond donors (Lipinski definition) is 0. The van der Waals surface area contributed by atoms with Gasteiger partial charge < -0.3 is 14.7 Å². The molecule has 0 unspecified atom stereocenters. The summed E-state index contributed by atoms with van der Waals surface area (Å²) in [5.41, 5.74) is 2.79. The van der Waals surface area contributed by atoms with E-state index in [0.717, 1.165) is 29.5 Å². The van der Waals surface area contributed by atoms with Gasteiger partial charge in [0, 0.05) is 44.3 Å². The molecular weight excluding hydrogens is 369 g/mol. The van der Waals surface area contributed by atoms with Crippen LogP contribution in [0.15, 0.2) is 48.5 Å². The molecule has 6 heteroatoms. The third kappa shape index (κ3) is 4.26. The Morgan fingerprint density at radius 3 is 2.28 bits per heavy atom. The third-order valence-electron chi connectivity index (χ3n) is 5.90. The quantitative estimate of drug-likeness (QED) is 0.793. The number of aryl methyl sites for hydroxylation is 1. The SMILES string of the molecule is Cc1ccc(C(=O)N2CCC(N3CCN(Cc4ccc(F)cc4)C3=O)CC2)cc1. The van der Waals surface area contributed by atoms with E-state index in [1.165, 1.54) is 12.1 Å². The number of halogens is 1. The smallest absolute Gasteiger partial charge is 0.320 e. The van der Waals surface area contributed by atoms with Gasteiger partial charge in [0.2, 0.25) is 0 Å². The van der Waals surface area contributed by atoms with Gasteiger partial charge in [-0.1, -0.05) is 29.8 Å². The molecule has 0 radical (unpaired) electrons. The molecule has 2 aromatic rings. The second kappa shape index (κ2) is 8.23. The van der Waals surface area contributed by atoms with Crippen LogP contribution in [0.25, 0.3) is 0 Å². The summed E-state index contributed by atoms with van der Waals surface area (Å²) in [6.45, 7) is 5.22. The minimum Gasteiger partial charge on any atom is -0.338 e. The Balaban J connectivity index is 1.31. The van der Waals surface area contributed by atoms with E-state index in [2.05, 4.69) is 0 Å². The second-order valence-corrected chi connectivity index (χ2v) is 7.91. The first-order valence-corrected chi connectivity index (χ1v) is 10.2. The average Bonchev–Trinajstić information content (AvgIpc) is 3.10. The van der Waals surface area contributed by atoms with Crippen molar-refractivity contribution in [3.63, 3.8) is 0 Å². The molecule has 29 heavy (non-hydrogen) atoms. The molecule has 152 valence electrons. The van der Waals surface area contributed by atoms with Gasteiger partial charge in [0.25, 0.3) is 5.91 Å². The van der Waals surface area contributed by atoms with Gasteiger partial charge in [0.15, 0.2) is 0 Å². The molecule has 0 N–H and O–H groups in total. The van der Waals surface area contributed by atoms with Crippen molar-refractivity contribution < 1.29 is 14.0 Å². The van der Waals surface area contributed by atoms with Crippen molar-refractivity contribution in [2.24, 2.45) is 0 Å². The highest BCUT2D eigenvalue weighted by atomic mass is 19.1. The lowest BCUT2D eigenvalue weighted by molar-refractivity contribution is 0.0663. The molecule has 2 heterocycles. The molecule has 0 aromatic heterocycles. The first-order valence-electron chi connectivity index (χ1n) is 10.2. The zero-order valence-corrected chi connectivity index (χ0v) is 16.7. The van der Waals surface area contributed by atoms with Crippen LogP contribution in [0.3, 0.4) is 0 Å². The maximum absolute atomic E-state index is 13.1. The lowest BCUT2D eigenvalue weighted by Crippen LogP contribution is -2.48. The van der Waals surface area contributed by atoms with Crippen molar-refractivity contribution in [2.45, 2.75) is 32.4 Å². The molecular formula is C23H26FN3O2. The van der Waals surface area contributed by atoms with Gasteiger partial charge in [-0.25, -0.2) is 9.18 Å². The van der Waals surface area contributed by atoms with Crippen LogP contribution in [-0.2, 0) is 6.54 Å². The van der Waals surface area contributed by atoms with Crippen molar-refractivity contribution in [3.8, 4) is 0 Å². The van der Waals surface area contributed by atoms with Crippen LogP contribution in [0.5, 0.6) is 0 Å². The van der Waals surface area contributed by atoms with Crippen LogP contribution in [0, 0.1) is 12.7 Å². The minimum atomic E-state index is -0.268. The molecule has 2 saturated heterocycles. The number of piperidine rings is 1. The van der Waals surface area contributed by atoms with Crippen LogP contribution in [0.1, 0.15) is 34.3 Å². The molecule has 0 atom stereocenters. The maximum Gasteiger partial charge on any atom is 0.320 e. The Morgan fingerprint density at radius 2 is 1.62 bits per heavy atom. The van der Waals surface area contributed by atoms with E-state index in [-0.39, 0.29) is 23.8 Å². The molecule has 2 aliphatic heterocycles. The number of carbonyl (C=O) groups is 2. The Hall–Kier alpha value is -2.89. The fourth-order valence-electron chi connectivity index (χ4n) is 4.16. The van der Waals surface area contributed by atoms with E-state index < -0.39 is 0 Å². The minimum absolute atomic E-state index is 0.0395. The zero-order valence-electron chi connectivity index (χ0n) is 16.7. The molecule has 0 spiro atoms. The summed E-state index contributed by atoms with van der Waals surface area (Å²) in [5.74, 6) is -0.204.